The van der Waals surface area contributed by atoms with Crippen molar-refractivity contribution in [2.45, 2.75) is 25.8 Å². The van der Waals surface area contributed by atoms with E-state index >= 15 is 0 Å². The van der Waals surface area contributed by atoms with E-state index in [0.29, 0.717) is 12.4 Å². The molecule has 116 valence electrons. The van der Waals surface area contributed by atoms with Crippen molar-refractivity contribution < 1.29 is 13.9 Å². The van der Waals surface area contributed by atoms with Gasteiger partial charge in [0.1, 0.15) is 11.8 Å². The second kappa shape index (κ2) is 6.05. The van der Waals surface area contributed by atoms with Crippen molar-refractivity contribution in [1.82, 2.24) is 10.2 Å². The Morgan fingerprint density at radius 2 is 2.27 bits per heavy atom. The number of aromatic nitrogens is 2. The van der Waals surface area contributed by atoms with Crippen molar-refractivity contribution in [3.8, 4) is 5.75 Å². The zero-order chi connectivity index (χ0) is 15.5. The topological polar surface area (TPSA) is 80.5 Å². The monoisotopic (exact) mass is 302 g/mol. The molecule has 1 atom stereocenters. The molecule has 0 spiro atoms. The molecular formula is C15H18N4O3. The van der Waals surface area contributed by atoms with Crippen LogP contribution in [0.4, 0.5) is 11.7 Å². The molecule has 2 aromatic rings. The van der Waals surface area contributed by atoms with Gasteiger partial charge in [-0.15, -0.1) is 5.10 Å². The smallest absolute Gasteiger partial charge is 0.316 e. The number of amides is 1. The van der Waals surface area contributed by atoms with Crippen LogP contribution in [0.25, 0.3) is 0 Å². The highest BCUT2D eigenvalue weighted by Crippen LogP contribution is 2.26. The van der Waals surface area contributed by atoms with E-state index in [2.05, 4.69) is 15.5 Å². The Labute approximate surface area is 128 Å². The highest BCUT2D eigenvalue weighted by Gasteiger charge is 2.30. The molecule has 3 rings (SSSR count). The van der Waals surface area contributed by atoms with E-state index in [4.69, 9.17) is 9.15 Å². The van der Waals surface area contributed by atoms with Crippen LogP contribution in [0.1, 0.15) is 18.7 Å². The third-order valence-corrected chi connectivity index (χ3v) is 3.63. The van der Waals surface area contributed by atoms with Gasteiger partial charge in [0.25, 0.3) is 0 Å². The third-order valence-electron chi connectivity index (χ3n) is 3.63. The van der Waals surface area contributed by atoms with Gasteiger partial charge in [0.05, 0.1) is 7.11 Å². The van der Waals surface area contributed by atoms with Crippen LogP contribution >= 0.6 is 0 Å². The van der Waals surface area contributed by atoms with E-state index in [-0.39, 0.29) is 18.0 Å². The molecule has 1 saturated heterocycles. The van der Waals surface area contributed by atoms with E-state index in [1.807, 2.05) is 24.3 Å². The zero-order valence-electron chi connectivity index (χ0n) is 12.6. The molecule has 0 radical (unpaired) electrons. The molecular weight excluding hydrogens is 284 g/mol. The Balaban J connectivity index is 1.77. The molecule has 1 fully saturated rings. The quantitative estimate of drug-likeness (QED) is 0.930. The number of aryl methyl sites for hydroxylation is 1. The van der Waals surface area contributed by atoms with Crippen molar-refractivity contribution in [1.29, 1.82) is 0 Å². The van der Waals surface area contributed by atoms with Crippen molar-refractivity contribution in [3.63, 3.8) is 0 Å². The number of piperidine rings is 1. The lowest BCUT2D eigenvalue weighted by Crippen LogP contribution is -2.47. The van der Waals surface area contributed by atoms with E-state index in [1.165, 1.54) is 0 Å². The molecule has 1 aliphatic rings. The van der Waals surface area contributed by atoms with Crippen LogP contribution < -0.4 is 15.0 Å². The summed E-state index contributed by atoms with van der Waals surface area (Å²) in [5.74, 6) is 1.19. The maximum absolute atomic E-state index is 12.7. The Morgan fingerprint density at radius 1 is 1.41 bits per heavy atom. The molecule has 1 aliphatic heterocycles. The van der Waals surface area contributed by atoms with Gasteiger partial charge in [0, 0.05) is 25.2 Å². The molecule has 0 bridgehead atoms. The number of nitrogens with zero attached hydrogens (tertiary/aromatic N) is 3. The molecule has 1 amide bonds. The number of nitrogens with one attached hydrogen (secondary N) is 1. The summed E-state index contributed by atoms with van der Waals surface area (Å²) in [4.78, 5) is 14.4. The summed E-state index contributed by atoms with van der Waals surface area (Å²) in [5.41, 5.74) is 0.831. The minimum absolute atomic E-state index is 0.00430. The van der Waals surface area contributed by atoms with Crippen LogP contribution in [-0.4, -0.2) is 35.8 Å². The van der Waals surface area contributed by atoms with Gasteiger partial charge in [-0.3, -0.25) is 4.79 Å². The summed E-state index contributed by atoms with van der Waals surface area (Å²) in [6.07, 6.45) is 1.63. The Morgan fingerprint density at radius 3 is 3.00 bits per heavy atom. The minimum atomic E-state index is -0.361. The van der Waals surface area contributed by atoms with Crippen molar-refractivity contribution in [2.75, 3.05) is 23.9 Å². The summed E-state index contributed by atoms with van der Waals surface area (Å²) in [7, 11) is 1.61. The number of rotatable bonds is 4. The first-order valence-electron chi connectivity index (χ1n) is 7.19. The van der Waals surface area contributed by atoms with Gasteiger partial charge in [-0.2, -0.15) is 0 Å². The van der Waals surface area contributed by atoms with Gasteiger partial charge >= 0.3 is 6.01 Å². The SMILES string of the molecule is COc1cccc(N2CCCC(Nc3nnc(C)o3)C2=O)c1. The highest BCUT2D eigenvalue weighted by molar-refractivity contribution is 5.99. The van der Waals surface area contributed by atoms with Gasteiger partial charge in [-0.1, -0.05) is 11.2 Å². The van der Waals surface area contributed by atoms with Gasteiger partial charge < -0.3 is 19.4 Å². The number of ether oxygens (including phenoxy) is 1. The highest BCUT2D eigenvalue weighted by atomic mass is 16.5. The molecule has 1 aromatic heterocycles. The molecule has 2 heterocycles. The Bertz CT molecular complexity index is 670. The molecule has 22 heavy (non-hydrogen) atoms. The second-order valence-corrected chi connectivity index (χ2v) is 5.16. The fourth-order valence-electron chi connectivity index (χ4n) is 2.55. The minimum Gasteiger partial charge on any atom is -0.497 e. The summed E-state index contributed by atoms with van der Waals surface area (Å²) in [5, 5.41) is 10.7. The van der Waals surface area contributed by atoms with Crippen LogP contribution in [0, 0.1) is 6.92 Å². The molecule has 1 N–H and O–H groups in total. The number of methoxy groups -OCH3 is 1. The van der Waals surface area contributed by atoms with Crippen molar-refractivity contribution >= 4 is 17.6 Å². The predicted molar refractivity (Wildman–Crippen MR) is 81.0 cm³/mol. The van der Waals surface area contributed by atoms with Crippen molar-refractivity contribution in [2.24, 2.45) is 0 Å². The normalized spacial score (nSPS) is 18.4. The molecule has 1 unspecified atom stereocenters. The first kappa shape index (κ1) is 14.4. The Hall–Kier alpha value is -2.57. The van der Waals surface area contributed by atoms with Crippen LogP contribution in [-0.2, 0) is 4.79 Å². The van der Waals surface area contributed by atoms with Gasteiger partial charge in [-0.05, 0) is 25.0 Å². The molecule has 0 aliphatic carbocycles. The predicted octanol–water partition coefficient (Wildman–Crippen LogP) is 1.99. The number of carbonyl (C=O) groups excluding carboxylic acids is 1. The fraction of sp³-hybridized carbons (Fsp3) is 0.400. The molecule has 7 heteroatoms. The summed E-state index contributed by atoms with van der Waals surface area (Å²) in [6.45, 7) is 2.40. The van der Waals surface area contributed by atoms with E-state index in [1.54, 1.807) is 18.9 Å². The zero-order valence-corrected chi connectivity index (χ0v) is 12.6. The third kappa shape index (κ3) is 2.88. The maximum Gasteiger partial charge on any atom is 0.316 e. The lowest BCUT2D eigenvalue weighted by atomic mass is 10.0. The van der Waals surface area contributed by atoms with Crippen LogP contribution in [0.2, 0.25) is 0 Å². The number of hydrogen-bond acceptors (Lipinski definition) is 6. The van der Waals surface area contributed by atoms with Crippen LogP contribution in [0.15, 0.2) is 28.7 Å². The lowest BCUT2D eigenvalue weighted by Gasteiger charge is -2.32. The number of hydrogen-bond donors (Lipinski definition) is 1. The lowest BCUT2D eigenvalue weighted by molar-refractivity contribution is -0.120. The van der Waals surface area contributed by atoms with Gasteiger partial charge in [0.2, 0.25) is 11.8 Å². The van der Waals surface area contributed by atoms with E-state index in [9.17, 15) is 4.79 Å². The average Bonchev–Trinajstić information content (AvgIpc) is 2.94. The maximum atomic E-state index is 12.7. The second-order valence-electron chi connectivity index (χ2n) is 5.16. The summed E-state index contributed by atoms with van der Waals surface area (Å²) in [6, 6.07) is 7.41. The van der Waals surface area contributed by atoms with E-state index in [0.717, 1.165) is 24.3 Å². The number of carbonyl (C=O) groups is 1. The van der Waals surface area contributed by atoms with E-state index < -0.39 is 0 Å². The standard InChI is InChI=1S/C15H18N4O3/c1-10-17-18-15(22-10)16-13-7-4-8-19(14(13)20)11-5-3-6-12(9-11)21-2/h3,5-6,9,13H,4,7-8H2,1-2H3,(H,16,18). The first-order chi connectivity index (χ1) is 10.7. The largest absolute Gasteiger partial charge is 0.497 e. The molecule has 1 aromatic carbocycles. The average molecular weight is 302 g/mol. The summed E-state index contributed by atoms with van der Waals surface area (Å²) >= 11 is 0. The van der Waals surface area contributed by atoms with Gasteiger partial charge in [0.15, 0.2) is 0 Å². The molecule has 7 nitrogen and oxygen atoms in total. The van der Waals surface area contributed by atoms with Gasteiger partial charge in [-0.25, -0.2) is 0 Å². The number of benzene rings is 1. The first-order valence-corrected chi connectivity index (χ1v) is 7.19. The number of anilines is 2. The summed E-state index contributed by atoms with van der Waals surface area (Å²) < 4.78 is 10.5. The molecule has 0 saturated carbocycles. The fourth-order valence-corrected chi connectivity index (χ4v) is 2.55. The van der Waals surface area contributed by atoms with Crippen molar-refractivity contribution in [3.05, 3.63) is 30.2 Å². The van der Waals surface area contributed by atoms with Crippen LogP contribution in [0.3, 0.4) is 0 Å². The Kier molecular flexibility index (Phi) is 3.95. The van der Waals surface area contributed by atoms with Crippen LogP contribution in [0.5, 0.6) is 5.75 Å².